The molecule has 0 atom stereocenters. The molecule has 0 saturated heterocycles. The number of hydrogen-bond acceptors (Lipinski definition) is 2. The lowest BCUT2D eigenvalue weighted by Crippen LogP contribution is -3.05. The van der Waals surface area contributed by atoms with Crippen LogP contribution in [0.15, 0.2) is 24.3 Å². The molecule has 0 spiro atoms. The molecule has 1 aromatic rings. The van der Waals surface area contributed by atoms with E-state index >= 15 is 0 Å². The third-order valence-corrected chi connectivity index (χ3v) is 2.80. The number of rotatable bonds is 6. The predicted octanol–water partition coefficient (Wildman–Crippen LogP) is 0.666. The van der Waals surface area contributed by atoms with E-state index in [1.165, 1.54) is 4.90 Å². The summed E-state index contributed by atoms with van der Waals surface area (Å²) in [5.41, 5.74) is 6.85. The fourth-order valence-corrected chi connectivity index (χ4v) is 1.63. The Hall–Kier alpha value is -1.04. The van der Waals surface area contributed by atoms with Crippen LogP contribution in [0.3, 0.4) is 0 Å². The quantitative estimate of drug-likeness (QED) is 0.353. The summed E-state index contributed by atoms with van der Waals surface area (Å²) in [6.07, 6.45) is 1.09. The van der Waals surface area contributed by atoms with E-state index in [0.29, 0.717) is 10.1 Å². The molecule has 1 rings (SSSR count). The van der Waals surface area contributed by atoms with Gasteiger partial charge in [0.1, 0.15) is 0 Å². The molecule has 1 aromatic carbocycles. The lowest BCUT2D eigenvalue weighted by molar-refractivity contribution is -0.858. The first-order valence-electron chi connectivity index (χ1n) is 5.92. The zero-order valence-corrected chi connectivity index (χ0v) is 12.3. The average molecular weight is 288 g/mol. The molecule has 0 bridgehead atoms. The first-order valence-corrected chi connectivity index (χ1v) is 6.71. The van der Waals surface area contributed by atoms with E-state index in [2.05, 4.69) is 30.3 Å². The van der Waals surface area contributed by atoms with Gasteiger partial charge in [0.05, 0.1) is 26.3 Å². The first-order chi connectivity index (χ1) is 8.58. The summed E-state index contributed by atoms with van der Waals surface area (Å²) in [5.74, 6) is 0. The number of halogens is 1. The Morgan fingerprint density at radius 3 is 2.56 bits per heavy atom. The van der Waals surface area contributed by atoms with Gasteiger partial charge in [-0.1, -0.05) is 11.6 Å². The van der Waals surface area contributed by atoms with Crippen LogP contribution in [0.1, 0.15) is 6.42 Å². The Kier molecular flexibility index (Phi) is 6.78. The highest BCUT2D eigenvalue weighted by Gasteiger charge is 1.97. The van der Waals surface area contributed by atoms with Gasteiger partial charge in [-0.05, 0) is 36.5 Å². The van der Waals surface area contributed by atoms with Crippen molar-refractivity contribution in [2.75, 3.05) is 32.6 Å². The van der Waals surface area contributed by atoms with Gasteiger partial charge >= 0.3 is 0 Å². The molecule has 6 heteroatoms. The van der Waals surface area contributed by atoms with Crippen molar-refractivity contribution in [2.24, 2.45) is 0 Å². The highest BCUT2D eigenvalue weighted by Crippen LogP contribution is 2.12. The van der Waals surface area contributed by atoms with Gasteiger partial charge in [0.15, 0.2) is 5.11 Å². The fraction of sp³-hybridized carbons (Fsp3) is 0.417. The Balaban J connectivity index is 2.15. The lowest BCUT2D eigenvalue weighted by atomic mass is 10.3. The molecule has 0 heterocycles. The molecule has 0 aliphatic rings. The molecule has 0 fully saturated rings. The minimum absolute atomic E-state index is 0.596. The fourth-order valence-electron chi connectivity index (χ4n) is 1.35. The molecule has 0 aliphatic carbocycles. The molecule has 4 nitrogen and oxygen atoms in total. The number of hydrogen-bond donors (Lipinski definition) is 4. The van der Waals surface area contributed by atoms with E-state index in [1.807, 2.05) is 24.3 Å². The first kappa shape index (κ1) is 15.0. The molecule has 18 heavy (non-hydrogen) atoms. The van der Waals surface area contributed by atoms with Crippen LogP contribution in [0.25, 0.3) is 0 Å². The molecular formula is C12H20ClN4S+. The van der Waals surface area contributed by atoms with Gasteiger partial charge in [-0.2, -0.15) is 0 Å². The predicted molar refractivity (Wildman–Crippen MR) is 81.1 cm³/mol. The van der Waals surface area contributed by atoms with Gasteiger partial charge < -0.3 is 10.2 Å². The Morgan fingerprint density at radius 1 is 1.28 bits per heavy atom. The van der Waals surface area contributed by atoms with E-state index in [-0.39, 0.29) is 0 Å². The van der Waals surface area contributed by atoms with E-state index in [9.17, 15) is 0 Å². The van der Waals surface area contributed by atoms with Gasteiger partial charge in [-0.15, -0.1) is 0 Å². The van der Waals surface area contributed by atoms with E-state index in [0.717, 1.165) is 25.2 Å². The Morgan fingerprint density at radius 2 is 1.94 bits per heavy atom. The third-order valence-electron chi connectivity index (χ3n) is 2.30. The molecule has 4 N–H and O–H groups in total. The maximum absolute atomic E-state index is 5.80. The number of quaternary nitrogens is 1. The zero-order valence-electron chi connectivity index (χ0n) is 10.7. The van der Waals surface area contributed by atoms with Crippen molar-refractivity contribution in [2.45, 2.75) is 6.42 Å². The summed E-state index contributed by atoms with van der Waals surface area (Å²) in [7, 11) is 4.28. The van der Waals surface area contributed by atoms with Gasteiger partial charge in [-0.3, -0.25) is 10.9 Å². The van der Waals surface area contributed by atoms with E-state index in [4.69, 9.17) is 23.8 Å². The summed E-state index contributed by atoms with van der Waals surface area (Å²) in [5, 5.41) is 4.45. The maximum Gasteiger partial charge on any atom is 0.185 e. The summed E-state index contributed by atoms with van der Waals surface area (Å²) in [6, 6.07) is 7.41. The maximum atomic E-state index is 5.80. The van der Waals surface area contributed by atoms with Crippen molar-refractivity contribution in [3.63, 3.8) is 0 Å². The Labute approximate surface area is 119 Å². The standard InChI is InChI=1S/C12H19ClN4S/c1-17(2)9-3-8-14-12(18)16-15-11-6-4-10(13)5-7-11/h4-7,15H,3,8-9H2,1-2H3,(H2,14,16,18)/p+1. The molecule has 100 valence electrons. The SMILES string of the molecule is C[NH+](C)CCCNC(=S)NNc1ccc(Cl)cc1. The normalized spacial score (nSPS) is 10.2. The number of hydrazine groups is 1. The van der Waals surface area contributed by atoms with Crippen LogP contribution < -0.4 is 21.1 Å². The van der Waals surface area contributed by atoms with Crippen LogP contribution in [-0.2, 0) is 0 Å². The summed E-state index contributed by atoms with van der Waals surface area (Å²) in [6.45, 7) is 2.00. The monoisotopic (exact) mass is 287 g/mol. The van der Waals surface area contributed by atoms with Crippen LogP contribution in [-0.4, -0.2) is 32.3 Å². The number of thiocarbonyl (C=S) groups is 1. The van der Waals surface area contributed by atoms with Crippen LogP contribution in [0.5, 0.6) is 0 Å². The van der Waals surface area contributed by atoms with Gasteiger partial charge in [0.25, 0.3) is 0 Å². The number of benzene rings is 1. The van der Waals surface area contributed by atoms with Crippen LogP contribution in [0.2, 0.25) is 5.02 Å². The second-order valence-corrected chi connectivity index (χ2v) is 5.17. The van der Waals surface area contributed by atoms with Gasteiger partial charge in [0.2, 0.25) is 0 Å². The average Bonchev–Trinajstić information content (AvgIpc) is 2.34. The molecule has 0 saturated carbocycles. The van der Waals surface area contributed by atoms with Crippen LogP contribution in [0.4, 0.5) is 5.69 Å². The van der Waals surface area contributed by atoms with Crippen LogP contribution in [0, 0.1) is 0 Å². The molecule has 0 aliphatic heterocycles. The van der Waals surface area contributed by atoms with Gasteiger partial charge in [0, 0.05) is 18.0 Å². The minimum Gasteiger partial charge on any atom is -0.361 e. The molecule has 0 aromatic heterocycles. The van der Waals surface area contributed by atoms with Crippen molar-refractivity contribution in [3.8, 4) is 0 Å². The van der Waals surface area contributed by atoms with Crippen molar-refractivity contribution < 1.29 is 4.90 Å². The third kappa shape index (κ3) is 6.64. The van der Waals surface area contributed by atoms with Crippen molar-refractivity contribution in [3.05, 3.63) is 29.3 Å². The Bertz CT molecular complexity index is 367. The lowest BCUT2D eigenvalue weighted by Gasteiger charge is -2.13. The summed E-state index contributed by atoms with van der Waals surface area (Å²) in [4.78, 5) is 1.44. The second kappa shape index (κ2) is 8.13. The smallest absolute Gasteiger partial charge is 0.185 e. The molecule has 0 amide bonds. The van der Waals surface area contributed by atoms with Crippen molar-refractivity contribution >= 4 is 34.6 Å². The van der Waals surface area contributed by atoms with Crippen molar-refractivity contribution in [1.82, 2.24) is 10.7 Å². The number of nitrogens with one attached hydrogen (secondary N) is 4. The molecule has 0 radical (unpaired) electrons. The van der Waals surface area contributed by atoms with Gasteiger partial charge in [-0.25, -0.2) is 0 Å². The zero-order chi connectivity index (χ0) is 13.4. The molecular weight excluding hydrogens is 268 g/mol. The van der Waals surface area contributed by atoms with Crippen molar-refractivity contribution in [1.29, 1.82) is 0 Å². The largest absolute Gasteiger partial charge is 0.361 e. The minimum atomic E-state index is 0.596. The summed E-state index contributed by atoms with van der Waals surface area (Å²) >= 11 is 10.9. The second-order valence-electron chi connectivity index (χ2n) is 4.32. The van der Waals surface area contributed by atoms with Crippen LogP contribution >= 0.6 is 23.8 Å². The van der Waals surface area contributed by atoms with E-state index < -0.39 is 0 Å². The highest BCUT2D eigenvalue weighted by molar-refractivity contribution is 7.80. The topological polar surface area (TPSA) is 40.5 Å². The number of anilines is 1. The highest BCUT2D eigenvalue weighted by atomic mass is 35.5. The molecule has 0 unspecified atom stereocenters. The summed E-state index contributed by atoms with van der Waals surface area (Å²) < 4.78 is 0. The van der Waals surface area contributed by atoms with E-state index in [1.54, 1.807) is 0 Å².